The number of rotatable bonds is 3. The smallest absolute Gasteiger partial charge is 0.226 e. The molecule has 0 bridgehead atoms. The first-order valence-corrected chi connectivity index (χ1v) is 5.17. The van der Waals surface area contributed by atoms with E-state index in [0.29, 0.717) is 0 Å². The number of alkyl halides is 9. The predicted molar refractivity (Wildman–Crippen MR) is 47.0 cm³/mol. The van der Waals surface area contributed by atoms with E-state index < -0.39 is 27.4 Å². The van der Waals surface area contributed by atoms with Gasteiger partial charge in [-0.05, 0) is 15.9 Å². The van der Waals surface area contributed by atoms with Crippen LogP contribution in [0.2, 0.25) is 0 Å². The Labute approximate surface area is 97.2 Å². The lowest BCUT2D eigenvalue weighted by atomic mass is 10.0. The molecule has 0 spiro atoms. The summed E-state index contributed by atoms with van der Waals surface area (Å²) in [6.45, 7) is 0. The van der Waals surface area contributed by atoms with Crippen LogP contribution in [0, 0.1) is 0 Å². The minimum atomic E-state index is -5.71. The molecule has 0 saturated carbocycles. The molecule has 0 saturated heterocycles. The van der Waals surface area contributed by atoms with E-state index in [1.165, 1.54) is 15.9 Å². The summed E-state index contributed by atoms with van der Waals surface area (Å²) in [5.41, 5.74) is -4.70. The molecule has 0 radical (unpaired) electrons. The second-order valence-corrected chi connectivity index (χ2v) is 5.55. The summed E-state index contributed by atoms with van der Waals surface area (Å²) < 4.78 is 72.2. The highest BCUT2D eigenvalue weighted by molar-refractivity contribution is 9.10. The van der Waals surface area contributed by atoms with Gasteiger partial charge in [0.25, 0.3) is 5.67 Å². The summed E-state index contributed by atoms with van der Waals surface area (Å²) in [4.78, 5) is -4.72. The Hall–Kier alpha value is 0.830. The van der Waals surface area contributed by atoms with E-state index in [0.717, 1.165) is 0 Å². The van der Waals surface area contributed by atoms with Gasteiger partial charge in [-0.25, -0.2) is 4.39 Å². The minimum Gasteiger partial charge on any atom is -0.226 e. The van der Waals surface area contributed by atoms with Gasteiger partial charge in [0, 0.05) is 6.42 Å². The molecule has 0 aromatic carbocycles. The lowest BCUT2D eigenvalue weighted by Crippen LogP contribution is -2.53. The molecule has 0 aliphatic carbocycles. The van der Waals surface area contributed by atoms with E-state index in [-0.39, 0.29) is 0 Å². The first kappa shape index (κ1) is 14.8. The van der Waals surface area contributed by atoms with Crippen LogP contribution < -0.4 is 0 Å². The standard InChI is InChI=1S/C5H3Br2ClF6/c6-2(8)1-3(9,4(7,10)11)5(12,13)14/h2H,1H2. The van der Waals surface area contributed by atoms with Crippen molar-refractivity contribution in [3.8, 4) is 0 Å². The zero-order valence-electron chi connectivity index (χ0n) is 6.19. The average Bonchev–Trinajstić information content (AvgIpc) is 1.79. The Morgan fingerprint density at radius 2 is 1.43 bits per heavy atom. The van der Waals surface area contributed by atoms with Gasteiger partial charge >= 0.3 is 11.0 Å². The van der Waals surface area contributed by atoms with E-state index >= 15 is 0 Å². The molecule has 0 aliphatic rings. The van der Waals surface area contributed by atoms with Gasteiger partial charge < -0.3 is 0 Å². The normalized spacial score (nSPS) is 20.4. The van der Waals surface area contributed by atoms with Crippen molar-refractivity contribution < 1.29 is 26.3 Å². The Morgan fingerprint density at radius 3 is 1.50 bits per heavy atom. The highest BCUT2D eigenvalue weighted by Crippen LogP contribution is 2.52. The fraction of sp³-hybridized carbons (Fsp3) is 1.00. The quantitative estimate of drug-likeness (QED) is 0.502. The molecule has 0 aromatic heterocycles. The molecule has 0 aliphatic heterocycles. The van der Waals surface area contributed by atoms with Crippen LogP contribution in [0.1, 0.15) is 6.42 Å². The summed E-state index contributed by atoms with van der Waals surface area (Å²) in [6, 6.07) is 0. The van der Waals surface area contributed by atoms with Gasteiger partial charge in [0.2, 0.25) is 0 Å². The second kappa shape index (κ2) is 4.37. The third-order valence-electron chi connectivity index (χ3n) is 1.33. The van der Waals surface area contributed by atoms with Crippen molar-refractivity contribution in [2.75, 3.05) is 0 Å². The maximum atomic E-state index is 13.0. The van der Waals surface area contributed by atoms with Gasteiger partial charge in [0.1, 0.15) is 0 Å². The van der Waals surface area contributed by atoms with E-state index in [1.807, 2.05) is 0 Å². The molecular weight excluding hydrogens is 369 g/mol. The zero-order chi connectivity index (χ0) is 11.8. The van der Waals surface area contributed by atoms with Gasteiger partial charge in [0.15, 0.2) is 0 Å². The number of halogens is 9. The van der Waals surface area contributed by atoms with E-state index in [2.05, 4.69) is 15.9 Å². The van der Waals surface area contributed by atoms with Gasteiger partial charge in [-0.1, -0.05) is 15.9 Å². The van der Waals surface area contributed by atoms with Gasteiger partial charge in [-0.3, -0.25) is 0 Å². The number of hydrogen-bond donors (Lipinski definition) is 0. The van der Waals surface area contributed by atoms with Crippen LogP contribution in [0.5, 0.6) is 0 Å². The van der Waals surface area contributed by atoms with E-state index in [9.17, 15) is 26.3 Å². The minimum absolute atomic E-state index is 1.36. The molecule has 0 heterocycles. The molecule has 0 fully saturated rings. The highest BCUT2D eigenvalue weighted by atomic mass is 79.9. The lowest BCUT2D eigenvalue weighted by Gasteiger charge is -2.31. The zero-order valence-corrected chi connectivity index (χ0v) is 10.1. The monoisotopic (exact) mass is 370 g/mol. The van der Waals surface area contributed by atoms with Crippen LogP contribution in [0.3, 0.4) is 0 Å². The van der Waals surface area contributed by atoms with Crippen molar-refractivity contribution in [3.05, 3.63) is 0 Å². The van der Waals surface area contributed by atoms with Crippen molar-refractivity contribution in [2.45, 2.75) is 27.4 Å². The van der Waals surface area contributed by atoms with Crippen molar-refractivity contribution in [2.24, 2.45) is 0 Å². The molecular formula is C5H3Br2ClF6. The summed E-state index contributed by atoms with van der Waals surface area (Å²) in [5.74, 6) is 0. The molecule has 9 heteroatoms. The molecule has 2 unspecified atom stereocenters. The lowest BCUT2D eigenvalue weighted by molar-refractivity contribution is -0.276. The van der Waals surface area contributed by atoms with Crippen molar-refractivity contribution >= 4 is 43.5 Å². The molecule has 86 valence electrons. The molecule has 14 heavy (non-hydrogen) atoms. The van der Waals surface area contributed by atoms with Gasteiger partial charge in [-0.2, -0.15) is 22.0 Å². The highest BCUT2D eigenvalue weighted by Gasteiger charge is 2.70. The fourth-order valence-electron chi connectivity index (χ4n) is 0.605. The van der Waals surface area contributed by atoms with Crippen molar-refractivity contribution in [3.63, 3.8) is 0 Å². The fourth-order valence-corrected chi connectivity index (χ4v) is 1.65. The first-order valence-electron chi connectivity index (χ1n) is 3.02. The maximum Gasteiger partial charge on any atom is 0.429 e. The van der Waals surface area contributed by atoms with E-state index in [1.54, 1.807) is 0 Å². The van der Waals surface area contributed by atoms with Crippen LogP contribution in [-0.2, 0) is 0 Å². The summed E-state index contributed by atoms with van der Waals surface area (Å²) in [6.07, 6.45) is -7.31. The Bertz CT molecular complexity index is 183. The Kier molecular flexibility index (Phi) is 4.63. The van der Waals surface area contributed by atoms with Crippen molar-refractivity contribution in [1.82, 2.24) is 0 Å². The van der Waals surface area contributed by atoms with Crippen LogP contribution in [0.25, 0.3) is 0 Å². The maximum absolute atomic E-state index is 13.0. The van der Waals surface area contributed by atoms with E-state index in [4.69, 9.17) is 11.6 Å². The third kappa shape index (κ3) is 3.16. The molecule has 0 nitrogen and oxygen atoms in total. The van der Waals surface area contributed by atoms with Crippen LogP contribution in [0.15, 0.2) is 0 Å². The molecule has 0 N–H and O–H groups in total. The summed E-state index contributed by atoms with van der Waals surface area (Å²) >= 11 is 8.72. The summed E-state index contributed by atoms with van der Waals surface area (Å²) in [7, 11) is 0. The van der Waals surface area contributed by atoms with Gasteiger partial charge in [0.05, 0.1) is 4.29 Å². The van der Waals surface area contributed by atoms with Gasteiger partial charge in [-0.15, -0.1) is 11.6 Å². The van der Waals surface area contributed by atoms with Crippen LogP contribution >= 0.6 is 43.5 Å². The summed E-state index contributed by atoms with van der Waals surface area (Å²) in [5, 5.41) is 0. The molecule has 0 rings (SSSR count). The molecule has 2 atom stereocenters. The Balaban J connectivity index is 5.07. The van der Waals surface area contributed by atoms with Crippen molar-refractivity contribution in [1.29, 1.82) is 0 Å². The first-order chi connectivity index (χ1) is 5.92. The van der Waals surface area contributed by atoms with Crippen LogP contribution in [-0.4, -0.2) is 21.0 Å². The molecule has 0 aromatic rings. The topological polar surface area (TPSA) is 0 Å². The average molecular weight is 372 g/mol. The largest absolute Gasteiger partial charge is 0.429 e. The Morgan fingerprint density at radius 1 is 1.07 bits per heavy atom. The number of hydrogen-bond acceptors (Lipinski definition) is 0. The SMILES string of the molecule is FC(F)(F)C(F)(CC(Cl)Br)C(F)(F)Br. The second-order valence-electron chi connectivity index (χ2n) is 2.39. The molecule has 0 amide bonds. The third-order valence-corrected chi connectivity index (χ3v) is 2.44. The predicted octanol–water partition coefficient (Wildman–Crippen LogP) is 4.59. The van der Waals surface area contributed by atoms with Crippen LogP contribution in [0.4, 0.5) is 26.3 Å².